The van der Waals surface area contributed by atoms with Gasteiger partial charge in [-0.25, -0.2) is 5.01 Å². The molecule has 1 heterocycles. The first-order valence-electron chi connectivity index (χ1n) is 8.60. The van der Waals surface area contributed by atoms with Gasteiger partial charge in [-0.3, -0.25) is 10.2 Å². The molecule has 1 fully saturated rings. The molecule has 1 aromatic rings. The van der Waals surface area contributed by atoms with E-state index in [-0.39, 0.29) is 24.2 Å². The quantitative estimate of drug-likeness (QED) is 0.873. The highest BCUT2D eigenvalue weighted by Crippen LogP contribution is 2.19. The van der Waals surface area contributed by atoms with Crippen LogP contribution in [0.3, 0.4) is 0 Å². The maximum Gasteiger partial charge on any atom is 0.241 e. The Morgan fingerprint density at radius 2 is 1.74 bits per heavy atom. The van der Waals surface area contributed by atoms with Crippen LogP contribution in [0.25, 0.3) is 0 Å². The van der Waals surface area contributed by atoms with Crippen LogP contribution in [-0.4, -0.2) is 24.0 Å². The highest BCUT2D eigenvalue weighted by Gasteiger charge is 2.21. The highest BCUT2D eigenvalue weighted by atomic mass is 35.5. The van der Waals surface area contributed by atoms with Gasteiger partial charge in [-0.15, -0.1) is 12.4 Å². The minimum Gasteiger partial charge on any atom is -0.288 e. The van der Waals surface area contributed by atoms with E-state index in [1.165, 1.54) is 18.4 Å². The minimum atomic E-state index is -0.104. The molecule has 0 aliphatic carbocycles. The average Bonchev–Trinajstić information content (AvgIpc) is 2.49. The Labute approximate surface area is 147 Å². The Morgan fingerprint density at radius 1 is 1.17 bits per heavy atom. The van der Waals surface area contributed by atoms with Gasteiger partial charge in [0, 0.05) is 13.1 Å². The first-order valence-corrected chi connectivity index (χ1v) is 8.60. The fourth-order valence-electron chi connectivity index (χ4n) is 2.94. The Kier molecular flexibility index (Phi) is 8.07. The van der Waals surface area contributed by atoms with Crippen molar-refractivity contribution in [3.63, 3.8) is 0 Å². The number of rotatable bonds is 5. The zero-order valence-corrected chi connectivity index (χ0v) is 15.7. The minimum absolute atomic E-state index is 0. The van der Waals surface area contributed by atoms with Crippen molar-refractivity contribution in [1.29, 1.82) is 0 Å². The molecule has 1 saturated heterocycles. The van der Waals surface area contributed by atoms with Crippen LogP contribution in [0.1, 0.15) is 57.6 Å². The van der Waals surface area contributed by atoms with Crippen LogP contribution in [0.2, 0.25) is 0 Å². The van der Waals surface area contributed by atoms with E-state index in [0.29, 0.717) is 5.92 Å². The lowest BCUT2D eigenvalue weighted by molar-refractivity contribution is -0.127. The van der Waals surface area contributed by atoms with Gasteiger partial charge in [0.2, 0.25) is 5.91 Å². The van der Waals surface area contributed by atoms with E-state index in [1.54, 1.807) is 0 Å². The van der Waals surface area contributed by atoms with Gasteiger partial charge in [0.15, 0.2) is 0 Å². The molecule has 0 radical (unpaired) electrons. The van der Waals surface area contributed by atoms with Crippen molar-refractivity contribution in [2.75, 3.05) is 13.1 Å². The van der Waals surface area contributed by atoms with Gasteiger partial charge in [0.25, 0.3) is 0 Å². The van der Waals surface area contributed by atoms with E-state index in [9.17, 15) is 4.79 Å². The summed E-state index contributed by atoms with van der Waals surface area (Å²) in [4.78, 5) is 12.4. The summed E-state index contributed by atoms with van der Waals surface area (Å²) >= 11 is 0. The molecule has 0 saturated carbocycles. The number of halogens is 1. The van der Waals surface area contributed by atoms with E-state index in [2.05, 4.69) is 55.5 Å². The third-order valence-corrected chi connectivity index (χ3v) is 4.57. The molecule has 3 nitrogen and oxygen atoms in total. The van der Waals surface area contributed by atoms with Crippen LogP contribution in [-0.2, 0) is 11.2 Å². The van der Waals surface area contributed by atoms with Crippen molar-refractivity contribution in [2.45, 2.75) is 52.9 Å². The van der Waals surface area contributed by atoms with Crippen LogP contribution < -0.4 is 5.43 Å². The summed E-state index contributed by atoms with van der Waals surface area (Å²) in [6.07, 6.45) is 3.42. The Bertz CT molecular complexity index is 479. The van der Waals surface area contributed by atoms with Gasteiger partial charge in [0.1, 0.15) is 0 Å². The van der Waals surface area contributed by atoms with Crippen molar-refractivity contribution in [2.24, 2.45) is 11.8 Å². The maximum atomic E-state index is 12.4. The number of hydrogen-bond acceptors (Lipinski definition) is 2. The molecule has 23 heavy (non-hydrogen) atoms. The van der Waals surface area contributed by atoms with Gasteiger partial charge < -0.3 is 0 Å². The molecule has 2 rings (SSSR count). The standard InChI is InChI=1S/C19H30N2O.ClH/c1-14(2)13-17-5-7-18(8-6-17)16(4)19(22)20-21-11-9-15(3)10-12-21;/h5-8,14-16H,9-13H2,1-4H3,(H,20,22);1H/t16-;/m1./s1. The van der Waals surface area contributed by atoms with E-state index in [1.807, 2.05) is 6.92 Å². The maximum absolute atomic E-state index is 12.4. The first kappa shape index (κ1) is 20.0. The normalized spacial score (nSPS) is 17.6. The first-order chi connectivity index (χ1) is 10.5. The predicted molar refractivity (Wildman–Crippen MR) is 98.8 cm³/mol. The molecule has 4 heteroatoms. The lowest BCUT2D eigenvalue weighted by Crippen LogP contribution is -2.47. The number of piperidine rings is 1. The third kappa shape index (κ3) is 6.15. The zero-order valence-electron chi connectivity index (χ0n) is 14.8. The summed E-state index contributed by atoms with van der Waals surface area (Å²) in [5.74, 6) is 1.44. The predicted octanol–water partition coefficient (Wildman–Crippen LogP) is 4.17. The highest BCUT2D eigenvalue weighted by molar-refractivity contribution is 5.85. The van der Waals surface area contributed by atoms with Crippen molar-refractivity contribution in [3.8, 4) is 0 Å². The molecular weight excluding hydrogens is 308 g/mol. The number of nitrogens with one attached hydrogen (secondary N) is 1. The fourth-order valence-corrected chi connectivity index (χ4v) is 2.94. The smallest absolute Gasteiger partial charge is 0.241 e. The second kappa shape index (κ2) is 9.29. The largest absolute Gasteiger partial charge is 0.288 e. The Hall–Kier alpha value is -1.06. The molecule has 1 atom stereocenters. The molecule has 0 spiro atoms. The van der Waals surface area contributed by atoms with Crippen LogP contribution in [0, 0.1) is 11.8 Å². The topological polar surface area (TPSA) is 32.3 Å². The fraction of sp³-hybridized carbons (Fsp3) is 0.632. The van der Waals surface area contributed by atoms with Gasteiger partial charge in [-0.1, -0.05) is 45.0 Å². The van der Waals surface area contributed by atoms with Crippen molar-refractivity contribution in [1.82, 2.24) is 10.4 Å². The molecule has 0 bridgehead atoms. The molecule has 1 amide bonds. The van der Waals surface area contributed by atoms with Gasteiger partial charge >= 0.3 is 0 Å². The SMILES string of the molecule is CC(C)Cc1ccc([C@@H](C)C(=O)NN2CCC(C)CC2)cc1.Cl. The van der Waals surface area contributed by atoms with E-state index in [0.717, 1.165) is 31.0 Å². The van der Waals surface area contributed by atoms with Crippen molar-refractivity contribution in [3.05, 3.63) is 35.4 Å². The number of benzene rings is 1. The molecule has 1 aliphatic heterocycles. The van der Waals surface area contributed by atoms with Crippen LogP contribution in [0.4, 0.5) is 0 Å². The molecule has 1 N–H and O–H groups in total. The van der Waals surface area contributed by atoms with Crippen molar-refractivity contribution >= 4 is 18.3 Å². The van der Waals surface area contributed by atoms with Gasteiger partial charge in [0.05, 0.1) is 5.92 Å². The summed E-state index contributed by atoms with van der Waals surface area (Å²) in [6, 6.07) is 8.50. The number of nitrogens with zero attached hydrogens (tertiary/aromatic N) is 1. The van der Waals surface area contributed by atoms with E-state index in [4.69, 9.17) is 0 Å². The Balaban J connectivity index is 0.00000264. The van der Waals surface area contributed by atoms with Gasteiger partial charge in [-0.2, -0.15) is 0 Å². The van der Waals surface area contributed by atoms with Crippen molar-refractivity contribution < 1.29 is 4.79 Å². The number of carbonyl (C=O) groups is 1. The lowest BCUT2D eigenvalue weighted by Gasteiger charge is -2.31. The third-order valence-electron chi connectivity index (χ3n) is 4.57. The van der Waals surface area contributed by atoms with E-state index >= 15 is 0 Å². The molecular formula is C19H31ClN2O. The number of amides is 1. The number of carbonyl (C=O) groups excluding carboxylic acids is 1. The summed E-state index contributed by atoms with van der Waals surface area (Å²) in [5.41, 5.74) is 5.52. The second-order valence-electron chi connectivity index (χ2n) is 7.21. The lowest BCUT2D eigenvalue weighted by atomic mass is 9.96. The van der Waals surface area contributed by atoms with Crippen LogP contribution >= 0.6 is 12.4 Å². The molecule has 130 valence electrons. The van der Waals surface area contributed by atoms with Gasteiger partial charge in [-0.05, 0) is 49.1 Å². The number of hydrogen-bond donors (Lipinski definition) is 1. The summed E-state index contributed by atoms with van der Waals surface area (Å²) in [5, 5.41) is 2.08. The second-order valence-corrected chi connectivity index (χ2v) is 7.21. The van der Waals surface area contributed by atoms with Crippen LogP contribution in [0.5, 0.6) is 0 Å². The average molecular weight is 339 g/mol. The summed E-state index contributed by atoms with van der Waals surface area (Å²) in [7, 11) is 0. The van der Waals surface area contributed by atoms with E-state index < -0.39 is 0 Å². The zero-order chi connectivity index (χ0) is 16.1. The monoisotopic (exact) mass is 338 g/mol. The summed E-state index contributed by atoms with van der Waals surface area (Å²) in [6.45, 7) is 10.6. The molecule has 0 unspecified atom stereocenters. The van der Waals surface area contributed by atoms with Crippen LogP contribution in [0.15, 0.2) is 24.3 Å². The molecule has 0 aromatic heterocycles. The molecule has 1 aromatic carbocycles. The summed E-state index contributed by atoms with van der Waals surface area (Å²) < 4.78 is 0. The number of hydrazine groups is 1. The molecule has 1 aliphatic rings. The Morgan fingerprint density at radius 3 is 2.26 bits per heavy atom.